The molecule has 0 aromatic heterocycles. The molecule has 1 N–H and O–H groups in total. The quantitative estimate of drug-likeness (QED) is 0.402. The number of hydrogen-bond donors (Lipinski definition) is 1. The third kappa shape index (κ3) is 8.60. The highest BCUT2D eigenvalue weighted by Crippen LogP contribution is 2.33. The molecule has 2 amide bonds. The van der Waals surface area contributed by atoms with Gasteiger partial charge in [-0.3, -0.25) is 4.79 Å². The van der Waals surface area contributed by atoms with Crippen LogP contribution >= 0.6 is 23.2 Å². The fraction of sp³-hybridized carbons (Fsp3) is 0.517. The number of likely N-dealkylation sites (tertiary alicyclic amines) is 1. The first-order valence-corrected chi connectivity index (χ1v) is 13.7. The number of carbonyl (C=O) groups is 2. The van der Waals surface area contributed by atoms with Crippen molar-refractivity contribution >= 4 is 35.2 Å². The lowest BCUT2D eigenvalue weighted by Gasteiger charge is -2.42. The zero-order chi connectivity index (χ0) is 27.9. The highest BCUT2D eigenvalue weighted by molar-refractivity contribution is 6.42. The van der Waals surface area contributed by atoms with E-state index in [0.29, 0.717) is 23.2 Å². The maximum Gasteiger partial charge on any atom is 0.410 e. The molecule has 3 rings (SSSR count). The van der Waals surface area contributed by atoms with Crippen molar-refractivity contribution in [1.29, 1.82) is 0 Å². The minimum atomic E-state index is -0.592. The summed E-state index contributed by atoms with van der Waals surface area (Å²) in [7, 11) is 1.69. The summed E-state index contributed by atoms with van der Waals surface area (Å²) < 4.78 is 11.8. The van der Waals surface area contributed by atoms with E-state index in [1.807, 2.05) is 45.0 Å². The van der Waals surface area contributed by atoms with E-state index < -0.39 is 17.8 Å². The summed E-state index contributed by atoms with van der Waals surface area (Å²) in [6.45, 7) is 10.2. The Morgan fingerprint density at radius 2 is 1.74 bits per heavy atom. The number of carbonyl (C=O) groups excluding carboxylic acids is 2. The number of rotatable bonds is 9. The molecule has 0 aliphatic carbocycles. The molecule has 2 aromatic carbocycles. The molecule has 38 heavy (non-hydrogen) atoms. The number of nitrogens with zero attached hydrogens (tertiary/aromatic N) is 2. The first kappa shape index (κ1) is 30.2. The van der Waals surface area contributed by atoms with E-state index >= 15 is 0 Å². The molecular weight excluding hydrogens is 525 g/mol. The second kappa shape index (κ2) is 13.2. The van der Waals surface area contributed by atoms with Crippen LogP contribution in [0.5, 0.6) is 0 Å². The Bertz CT molecular complexity index is 1080. The van der Waals surface area contributed by atoms with Crippen LogP contribution in [-0.4, -0.2) is 67.2 Å². The molecule has 9 heteroatoms. The van der Waals surface area contributed by atoms with Crippen LogP contribution < -0.4 is 5.32 Å². The third-order valence-corrected chi connectivity index (χ3v) is 7.38. The number of ether oxygens (including phenoxy) is 2. The fourth-order valence-corrected chi connectivity index (χ4v) is 5.00. The minimum Gasteiger partial charge on any atom is -0.444 e. The van der Waals surface area contributed by atoms with Gasteiger partial charge in [0.05, 0.1) is 28.7 Å². The largest absolute Gasteiger partial charge is 0.444 e. The molecule has 7 nitrogen and oxygen atoms in total. The Labute approximate surface area is 236 Å². The monoisotopic (exact) mass is 563 g/mol. The van der Waals surface area contributed by atoms with Crippen molar-refractivity contribution in [1.82, 2.24) is 15.1 Å². The number of benzene rings is 2. The lowest BCUT2D eigenvalue weighted by Crippen LogP contribution is -2.53. The Morgan fingerprint density at radius 3 is 2.32 bits per heavy atom. The molecule has 1 atom stereocenters. The van der Waals surface area contributed by atoms with Gasteiger partial charge in [-0.2, -0.15) is 0 Å². The van der Waals surface area contributed by atoms with Crippen molar-refractivity contribution in [3.8, 4) is 0 Å². The van der Waals surface area contributed by atoms with Gasteiger partial charge in [0.1, 0.15) is 11.7 Å². The van der Waals surface area contributed by atoms with Crippen molar-refractivity contribution in [3.63, 3.8) is 0 Å². The smallest absolute Gasteiger partial charge is 0.410 e. The highest BCUT2D eigenvalue weighted by Gasteiger charge is 2.36. The van der Waals surface area contributed by atoms with Gasteiger partial charge in [0.2, 0.25) is 5.91 Å². The van der Waals surface area contributed by atoms with E-state index in [1.165, 1.54) is 4.90 Å². The fourth-order valence-electron chi connectivity index (χ4n) is 4.69. The Kier molecular flexibility index (Phi) is 10.5. The van der Waals surface area contributed by atoms with Crippen molar-refractivity contribution in [2.75, 3.05) is 39.8 Å². The molecule has 1 fully saturated rings. The Morgan fingerprint density at radius 1 is 1.08 bits per heavy atom. The van der Waals surface area contributed by atoms with Gasteiger partial charge in [0.15, 0.2) is 0 Å². The van der Waals surface area contributed by atoms with Gasteiger partial charge in [-0.05, 0) is 56.9 Å². The zero-order valence-electron chi connectivity index (χ0n) is 22.9. The molecule has 2 aromatic rings. The van der Waals surface area contributed by atoms with E-state index in [4.69, 9.17) is 32.7 Å². The molecule has 0 saturated carbocycles. The topological polar surface area (TPSA) is 71.1 Å². The van der Waals surface area contributed by atoms with E-state index in [1.54, 1.807) is 26.1 Å². The summed E-state index contributed by atoms with van der Waals surface area (Å²) in [5.41, 5.74) is 1.02. The van der Waals surface area contributed by atoms with Gasteiger partial charge in [0.25, 0.3) is 0 Å². The van der Waals surface area contributed by atoms with Crippen molar-refractivity contribution in [2.45, 2.75) is 57.8 Å². The second-order valence-electron chi connectivity index (χ2n) is 10.9. The summed E-state index contributed by atoms with van der Waals surface area (Å²) in [6, 6.07) is 15.5. The molecule has 1 aliphatic rings. The molecule has 1 heterocycles. The number of hydrogen-bond acceptors (Lipinski definition) is 5. The predicted octanol–water partition coefficient (Wildman–Crippen LogP) is 6.05. The molecule has 0 spiro atoms. The molecule has 0 radical (unpaired) electrons. The molecular formula is C29H39Cl2N3O4. The van der Waals surface area contributed by atoms with E-state index in [0.717, 1.165) is 43.6 Å². The van der Waals surface area contributed by atoms with Crippen LogP contribution in [0, 0.1) is 0 Å². The summed E-state index contributed by atoms with van der Waals surface area (Å²) >= 11 is 12.4. The van der Waals surface area contributed by atoms with Gasteiger partial charge < -0.3 is 24.6 Å². The van der Waals surface area contributed by atoms with Crippen molar-refractivity contribution in [3.05, 3.63) is 69.7 Å². The van der Waals surface area contributed by atoms with Gasteiger partial charge >= 0.3 is 6.09 Å². The highest BCUT2D eigenvalue weighted by atomic mass is 35.5. The lowest BCUT2D eigenvalue weighted by atomic mass is 9.80. The van der Waals surface area contributed by atoms with Gasteiger partial charge in [-0.1, -0.05) is 59.6 Å². The van der Waals surface area contributed by atoms with Crippen LogP contribution in [0.4, 0.5) is 4.79 Å². The van der Waals surface area contributed by atoms with Crippen LogP contribution in [0.3, 0.4) is 0 Å². The SMILES string of the molecule is CC(=O)NC1(c2ccccc2)CCN(CCOC(CN(C)C(=O)OC(C)(C)C)c2ccc(Cl)c(Cl)c2)CC1. The van der Waals surface area contributed by atoms with Gasteiger partial charge in [-0.15, -0.1) is 0 Å². The Balaban J connectivity index is 1.63. The number of nitrogens with one attached hydrogen (secondary N) is 1. The number of likely N-dealkylation sites (N-methyl/N-ethyl adjacent to an activating group) is 1. The number of halogens is 2. The van der Waals surface area contributed by atoms with Crippen LogP contribution in [0.15, 0.2) is 48.5 Å². The van der Waals surface area contributed by atoms with E-state index in [-0.39, 0.29) is 11.4 Å². The maximum atomic E-state index is 12.6. The second-order valence-corrected chi connectivity index (χ2v) is 11.7. The first-order chi connectivity index (χ1) is 17.9. The molecule has 1 aliphatic heterocycles. The van der Waals surface area contributed by atoms with Gasteiger partial charge in [-0.25, -0.2) is 4.79 Å². The normalized spacial score (nSPS) is 16.5. The van der Waals surface area contributed by atoms with E-state index in [2.05, 4.69) is 22.3 Å². The first-order valence-electron chi connectivity index (χ1n) is 13.0. The summed E-state index contributed by atoms with van der Waals surface area (Å²) in [5, 5.41) is 4.11. The van der Waals surface area contributed by atoms with Crippen LogP contribution in [-0.2, 0) is 19.8 Å². The van der Waals surface area contributed by atoms with Gasteiger partial charge in [0, 0.05) is 33.6 Å². The standard InChI is InChI=1S/C29H39Cl2N3O4/c1-21(35)32-29(23-9-7-6-8-10-23)13-15-34(16-14-29)17-18-37-26(22-11-12-24(30)25(31)19-22)20-33(5)27(36)38-28(2,3)4/h6-12,19,26H,13-18,20H2,1-5H3,(H,32,35). The minimum absolute atomic E-state index is 0.0239. The third-order valence-electron chi connectivity index (χ3n) is 6.64. The maximum absolute atomic E-state index is 12.6. The lowest BCUT2D eigenvalue weighted by molar-refractivity contribution is -0.121. The van der Waals surface area contributed by atoms with E-state index in [9.17, 15) is 9.59 Å². The molecule has 0 bridgehead atoms. The molecule has 1 unspecified atom stereocenters. The van der Waals surface area contributed by atoms with Crippen LogP contribution in [0.1, 0.15) is 57.8 Å². The van der Waals surface area contributed by atoms with Crippen molar-refractivity contribution in [2.24, 2.45) is 0 Å². The average molecular weight is 565 g/mol. The predicted molar refractivity (Wildman–Crippen MR) is 152 cm³/mol. The summed E-state index contributed by atoms with van der Waals surface area (Å²) in [5.74, 6) is -0.0239. The molecule has 208 valence electrons. The number of piperidine rings is 1. The van der Waals surface area contributed by atoms with Crippen molar-refractivity contribution < 1.29 is 19.1 Å². The van der Waals surface area contributed by atoms with Crippen LogP contribution in [0.2, 0.25) is 10.0 Å². The summed E-state index contributed by atoms with van der Waals surface area (Å²) in [4.78, 5) is 28.5. The summed E-state index contributed by atoms with van der Waals surface area (Å²) in [6.07, 6.45) is 0.801. The Hall–Kier alpha value is -2.32. The zero-order valence-corrected chi connectivity index (χ0v) is 24.4. The van der Waals surface area contributed by atoms with Crippen LogP contribution in [0.25, 0.3) is 0 Å². The number of amides is 2. The molecule has 1 saturated heterocycles. The average Bonchev–Trinajstić information content (AvgIpc) is 2.85.